The maximum absolute atomic E-state index is 14.2. The van der Waals surface area contributed by atoms with Crippen molar-refractivity contribution in [2.24, 2.45) is 0 Å². The molecule has 1 N–H and O–H groups in total. The molecule has 1 aromatic carbocycles. The first kappa shape index (κ1) is 19.6. The number of nitrogens with zero attached hydrogens (tertiary/aromatic N) is 5. The lowest BCUT2D eigenvalue weighted by Crippen LogP contribution is -2.58. The van der Waals surface area contributed by atoms with Crippen LogP contribution in [0.4, 0.5) is 10.1 Å². The zero-order valence-electron chi connectivity index (χ0n) is 17.8. The summed E-state index contributed by atoms with van der Waals surface area (Å²) < 4.78 is 27.3. The van der Waals surface area contributed by atoms with Crippen molar-refractivity contribution in [1.82, 2.24) is 25.0 Å². The number of hydrogen-bond acceptors (Lipinski definition) is 7. The number of rotatable bonds is 3. The Morgan fingerprint density at radius 2 is 2.09 bits per heavy atom. The molecule has 0 radical (unpaired) electrons. The van der Waals surface area contributed by atoms with Crippen LogP contribution in [0.1, 0.15) is 44.2 Å². The molecule has 9 nitrogen and oxygen atoms in total. The standard InChI is InChI=1S/C22H23FN6O3/c1-11-9-31-19(12(2)25-11)22(30)28-8-17-18(20-26-21(32-27-20)13-3-4-13)24-10-29(17)15-6-5-14(23)7-16(15)28/h5-7,10-13,19,25H,3-4,8-9H2,1-2H3. The van der Waals surface area contributed by atoms with Gasteiger partial charge < -0.3 is 19.5 Å². The summed E-state index contributed by atoms with van der Waals surface area (Å²) in [5.74, 6) is 0.709. The third-order valence-electron chi connectivity index (χ3n) is 6.28. The first-order chi connectivity index (χ1) is 15.5. The van der Waals surface area contributed by atoms with Gasteiger partial charge in [0.25, 0.3) is 5.91 Å². The smallest absolute Gasteiger partial charge is 0.258 e. The number of halogens is 1. The van der Waals surface area contributed by atoms with Crippen LogP contribution in [0.25, 0.3) is 17.2 Å². The molecule has 10 heteroatoms. The number of anilines is 1. The fourth-order valence-corrected chi connectivity index (χ4v) is 4.51. The van der Waals surface area contributed by atoms with E-state index in [-0.39, 0.29) is 24.5 Å². The summed E-state index contributed by atoms with van der Waals surface area (Å²) in [7, 11) is 0. The Morgan fingerprint density at radius 1 is 1.25 bits per heavy atom. The predicted molar refractivity (Wildman–Crippen MR) is 112 cm³/mol. The summed E-state index contributed by atoms with van der Waals surface area (Å²) in [5, 5.41) is 7.48. The summed E-state index contributed by atoms with van der Waals surface area (Å²) in [4.78, 5) is 24.2. The normalized spacial score (nSPS) is 24.8. The average Bonchev–Trinajstić information content (AvgIpc) is 3.35. The lowest BCUT2D eigenvalue weighted by molar-refractivity contribution is -0.135. The Hall–Kier alpha value is -3.11. The van der Waals surface area contributed by atoms with E-state index in [0.717, 1.165) is 18.5 Å². The van der Waals surface area contributed by atoms with E-state index < -0.39 is 11.9 Å². The molecular weight excluding hydrogens is 415 g/mol. The van der Waals surface area contributed by atoms with Crippen molar-refractivity contribution >= 4 is 11.6 Å². The number of imidazole rings is 1. The molecule has 166 valence electrons. The minimum Gasteiger partial charge on any atom is -0.365 e. The molecule has 3 unspecified atom stereocenters. The van der Waals surface area contributed by atoms with E-state index in [1.807, 2.05) is 18.4 Å². The van der Waals surface area contributed by atoms with Crippen molar-refractivity contribution < 1.29 is 18.4 Å². The van der Waals surface area contributed by atoms with E-state index in [2.05, 4.69) is 20.4 Å². The van der Waals surface area contributed by atoms with Crippen LogP contribution in [0.3, 0.4) is 0 Å². The van der Waals surface area contributed by atoms with Crippen LogP contribution < -0.4 is 10.2 Å². The largest absolute Gasteiger partial charge is 0.365 e. The molecule has 2 aliphatic heterocycles. The van der Waals surface area contributed by atoms with Crippen molar-refractivity contribution in [3.63, 3.8) is 0 Å². The lowest BCUT2D eigenvalue weighted by atomic mass is 10.1. The van der Waals surface area contributed by atoms with E-state index in [9.17, 15) is 9.18 Å². The van der Waals surface area contributed by atoms with Crippen LogP contribution in [0.2, 0.25) is 0 Å². The second-order valence-electron chi connectivity index (χ2n) is 8.81. The van der Waals surface area contributed by atoms with E-state index >= 15 is 0 Å². The Bertz CT molecular complexity index is 1200. The van der Waals surface area contributed by atoms with Crippen molar-refractivity contribution in [2.45, 2.75) is 57.3 Å². The average molecular weight is 438 g/mol. The topological polar surface area (TPSA) is 98.3 Å². The van der Waals surface area contributed by atoms with Gasteiger partial charge in [-0.3, -0.25) is 9.36 Å². The summed E-state index contributed by atoms with van der Waals surface area (Å²) in [6.45, 7) is 4.55. The predicted octanol–water partition coefficient (Wildman–Crippen LogP) is 2.55. The maximum atomic E-state index is 14.2. The van der Waals surface area contributed by atoms with Crippen LogP contribution >= 0.6 is 0 Å². The van der Waals surface area contributed by atoms with E-state index in [1.165, 1.54) is 12.1 Å². The molecule has 1 saturated heterocycles. The lowest BCUT2D eigenvalue weighted by Gasteiger charge is -2.38. The van der Waals surface area contributed by atoms with E-state index in [4.69, 9.17) is 9.26 Å². The first-order valence-electron chi connectivity index (χ1n) is 10.9. The Kier molecular flexibility index (Phi) is 4.41. The second-order valence-corrected chi connectivity index (χ2v) is 8.81. The highest BCUT2D eigenvalue weighted by Gasteiger charge is 2.39. The number of nitrogens with one attached hydrogen (secondary N) is 1. The van der Waals surface area contributed by atoms with E-state index in [0.29, 0.717) is 41.3 Å². The highest BCUT2D eigenvalue weighted by Crippen LogP contribution is 2.41. The molecule has 3 aromatic rings. The number of amides is 1. The van der Waals surface area contributed by atoms with Crippen LogP contribution in [0.5, 0.6) is 0 Å². The Labute approximate surface area is 183 Å². The minimum atomic E-state index is -0.674. The zero-order chi connectivity index (χ0) is 22.0. The third-order valence-corrected chi connectivity index (χ3v) is 6.28. The quantitative estimate of drug-likeness (QED) is 0.671. The summed E-state index contributed by atoms with van der Waals surface area (Å²) in [6.07, 6.45) is 3.08. The molecular formula is C22H23FN6O3. The van der Waals surface area contributed by atoms with Crippen molar-refractivity contribution in [1.29, 1.82) is 0 Å². The van der Waals surface area contributed by atoms with Crippen molar-refractivity contribution in [3.05, 3.63) is 41.9 Å². The van der Waals surface area contributed by atoms with Gasteiger partial charge in [0.05, 0.1) is 30.2 Å². The molecule has 2 fully saturated rings. The van der Waals surface area contributed by atoms with Crippen LogP contribution in [0, 0.1) is 5.82 Å². The maximum Gasteiger partial charge on any atom is 0.258 e. The molecule has 2 aromatic heterocycles. The number of carbonyl (C=O) groups is 1. The van der Waals surface area contributed by atoms with Gasteiger partial charge in [-0.1, -0.05) is 5.16 Å². The van der Waals surface area contributed by atoms with Crippen LogP contribution in [-0.4, -0.2) is 50.4 Å². The molecule has 3 atom stereocenters. The van der Waals surface area contributed by atoms with Gasteiger partial charge >= 0.3 is 0 Å². The molecule has 0 spiro atoms. The van der Waals surface area contributed by atoms with Gasteiger partial charge in [-0.15, -0.1) is 0 Å². The van der Waals surface area contributed by atoms with Crippen molar-refractivity contribution in [2.75, 3.05) is 11.5 Å². The molecule has 0 bridgehead atoms. The van der Waals surface area contributed by atoms with Gasteiger partial charge in [0, 0.05) is 18.0 Å². The minimum absolute atomic E-state index is 0.159. The first-order valence-corrected chi connectivity index (χ1v) is 10.9. The fraction of sp³-hybridized carbons (Fsp3) is 0.455. The fourth-order valence-electron chi connectivity index (χ4n) is 4.51. The third kappa shape index (κ3) is 3.13. The molecule has 3 aliphatic rings. The van der Waals surface area contributed by atoms with Gasteiger partial charge in [-0.05, 0) is 44.9 Å². The number of carbonyl (C=O) groups excluding carboxylic acids is 1. The SMILES string of the molecule is CC1COC(C(=O)N2Cc3c(-c4noc(C5CC5)n4)ncn3-c3ccc(F)cc32)C(C)N1. The summed E-state index contributed by atoms with van der Waals surface area (Å²) >= 11 is 0. The Morgan fingerprint density at radius 3 is 2.88 bits per heavy atom. The number of morpholine rings is 1. The highest BCUT2D eigenvalue weighted by molar-refractivity contribution is 5.99. The molecule has 1 amide bonds. The molecule has 4 heterocycles. The molecule has 6 rings (SSSR count). The number of ether oxygens (including phenoxy) is 1. The number of aromatic nitrogens is 4. The van der Waals surface area contributed by atoms with Gasteiger partial charge in [0.1, 0.15) is 17.8 Å². The van der Waals surface area contributed by atoms with Gasteiger partial charge in [-0.2, -0.15) is 4.98 Å². The number of hydrogen-bond donors (Lipinski definition) is 1. The van der Waals surface area contributed by atoms with Crippen LogP contribution in [0.15, 0.2) is 29.0 Å². The summed E-state index contributed by atoms with van der Waals surface area (Å²) in [6, 6.07) is 4.38. The molecule has 1 saturated carbocycles. The monoisotopic (exact) mass is 438 g/mol. The van der Waals surface area contributed by atoms with Gasteiger partial charge in [-0.25, -0.2) is 9.37 Å². The molecule has 32 heavy (non-hydrogen) atoms. The van der Waals surface area contributed by atoms with Crippen molar-refractivity contribution in [3.8, 4) is 17.2 Å². The van der Waals surface area contributed by atoms with Crippen LogP contribution in [-0.2, 0) is 16.1 Å². The summed E-state index contributed by atoms with van der Waals surface area (Å²) in [5.41, 5.74) is 2.44. The zero-order valence-corrected chi connectivity index (χ0v) is 17.8. The number of fused-ring (bicyclic) bond motifs is 3. The van der Waals surface area contributed by atoms with Gasteiger partial charge in [0.15, 0.2) is 6.10 Å². The van der Waals surface area contributed by atoms with Gasteiger partial charge in [0.2, 0.25) is 11.7 Å². The Balaban J connectivity index is 1.41. The molecule has 1 aliphatic carbocycles. The van der Waals surface area contributed by atoms with E-state index in [1.54, 1.807) is 17.3 Å². The number of benzene rings is 1. The second kappa shape index (κ2) is 7.21. The highest BCUT2D eigenvalue weighted by atomic mass is 19.1.